The van der Waals surface area contributed by atoms with Gasteiger partial charge >= 0.3 is 0 Å². The molecule has 2 nitrogen and oxygen atoms in total. The van der Waals surface area contributed by atoms with E-state index in [1.165, 1.54) is 0 Å². The topological polar surface area (TPSA) is 26.3 Å². The number of hydrogen-bond acceptors (Lipinski definition) is 2. The normalized spacial score (nSPS) is 10.2. The lowest BCUT2D eigenvalue weighted by Crippen LogP contribution is -1.93. The van der Waals surface area contributed by atoms with Crippen molar-refractivity contribution in [2.75, 3.05) is 7.11 Å². The smallest absolute Gasteiger partial charge is 0.150 e. The Labute approximate surface area is 107 Å². The summed E-state index contributed by atoms with van der Waals surface area (Å²) >= 11 is 0. The molecule has 0 bridgehead atoms. The van der Waals surface area contributed by atoms with Crippen molar-refractivity contribution in [1.82, 2.24) is 0 Å². The molecule has 2 aromatic rings. The summed E-state index contributed by atoms with van der Waals surface area (Å²) in [4.78, 5) is 11.2. The van der Waals surface area contributed by atoms with Crippen LogP contribution in [0.25, 0.3) is 11.1 Å². The number of hydrogen-bond donors (Lipinski definition) is 0. The van der Waals surface area contributed by atoms with Crippen LogP contribution in [-0.2, 0) is 0 Å². The number of rotatable bonds is 3. The third-order valence-electron chi connectivity index (χ3n) is 2.98. The third-order valence-corrected chi connectivity index (χ3v) is 2.98. The largest absolute Gasteiger partial charge is 0.496 e. The van der Waals surface area contributed by atoms with Gasteiger partial charge in [-0.25, -0.2) is 0 Å². The standard InChI is InChI=1S/C16H16O2/c1-11-4-6-14(13(8-11)10-17)15-9-12(2)5-7-16(15)18-3/h4-10H,1-3H3. The molecule has 18 heavy (non-hydrogen) atoms. The van der Waals surface area contributed by atoms with E-state index in [0.29, 0.717) is 5.56 Å². The Balaban J connectivity index is 2.67. The maximum Gasteiger partial charge on any atom is 0.150 e. The van der Waals surface area contributed by atoms with Gasteiger partial charge in [0.2, 0.25) is 0 Å². The second-order valence-electron chi connectivity index (χ2n) is 4.41. The van der Waals surface area contributed by atoms with Gasteiger partial charge in [-0.1, -0.05) is 29.3 Å². The molecule has 0 saturated heterocycles. The third kappa shape index (κ3) is 2.28. The Morgan fingerprint density at radius 1 is 0.944 bits per heavy atom. The Kier molecular flexibility index (Phi) is 3.47. The molecule has 2 aromatic carbocycles. The number of benzene rings is 2. The van der Waals surface area contributed by atoms with Crippen molar-refractivity contribution in [2.24, 2.45) is 0 Å². The molecule has 0 heterocycles. The molecule has 92 valence electrons. The summed E-state index contributed by atoms with van der Waals surface area (Å²) in [5.74, 6) is 0.785. The van der Waals surface area contributed by atoms with Gasteiger partial charge in [-0.05, 0) is 37.6 Å². The molecule has 2 rings (SSSR count). The van der Waals surface area contributed by atoms with Gasteiger partial charge in [-0.15, -0.1) is 0 Å². The van der Waals surface area contributed by atoms with E-state index in [4.69, 9.17) is 4.74 Å². The molecule has 0 radical (unpaired) electrons. The molecule has 0 saturated carbocycles. The van der Waals surface area contributed by atoms with Crippen molar-refractivity contribution in [3.05, 3.63) is 53.1 Å². The van der Waals surface area contributed by atoms with Gasteiger partial charge in [0.1, 0.15) is 5.75 Å². The number of aryl methyl sites for hydroxylation is 2. The Morgan fingerprint density at radius 2 is 1.61 bits per heavy atom. The van der Waals surface area contributed by atoms with Crippen molar-refractivity contribution in [3.8, 4) is 16.9 Å². The van der Waals surface area contributed by atoms with Crippen molar-refractivity contribution < 1.29 is 9.53 Å². The fourth-order valence-electron chi connectivity index (χ4n) is 2.06. The van der Waals surface area contributed by atoms with E-state index in [-0.39, 0.29) is 0 Å². The lowest BCUT2D eigenvalue weighted by molar-refractivity contribution is 0.112. The highest BCUT2D eigenvalue weighted by Gasteiger charge is 2.10. The van der Waals surface area contributed by atoms with E-state index in [0.717, 1.165) is 34.3 Å². The summed E-state index contributed by atoms with van der Waals surface area (Å²) in [5.41, 5.74) is 4.78. The van der Waals surface area contributed by atoms with Gasteiger partial charge in [0, 0.05) is 11.1 Å². The molecular weight excluding hydrogens is 224 g/mol. The summed E-state index contributed by atoms with van der Waals surface area (Å²) in [6, 6.07) is 11.8. The van der Waals surface area contributed by atoms with Gasteiger partial charge in [0.15, 0.2) is 6.29 Å². The second-order valence-corrected chi connectivity index (χ2v) is 4.41. The van der Waals surface area contributed by atoms with Crippen LogP contribution in [-0.4, -0.2) is 13.4 Å². The van der Waals surface area contributed by atoms with Crippen LogP contribution in [0.1, 0.15) is 21.5 Å². The molecule has 2 heteroatoms. The van der Waals surface area contributed by atoms with Crippen molar-refractivity contribution in [3.63, 3.8) is 0 Å². The molecule has 0 aliphatic heterocycles. The van der Waals surface area contributed by atoms with E-state index >= 15 is 0 Å². The Hall–Kier alpha value is -2.09. The van der Waals surface area contributed by atoms with Crippen LogP contribution >= 0.6 is 0 Å². The number of aldehydes is 1. The van der Waals surface area contributed by atoms with Gasteiger partial charge in [-0.2, -0.15) is 0 Å². The average Bonchev–Trinajstić information content (AvgIpc) is 2.38. The fourth-order valence-corrected chi connectivity index (χ4v) is 2.06. The van der Waals surface area contributed by atoms with E-state index in [1.807, 2.05) is 50.2 Å². The van der Waals surface area contributed by atoms with Crippen LogP contribution in [0.15, 0.2) is 36.4 Å². The molecule has 0 amide bonds. The van der Waals surface area contributed by atoms with Crippen molar-refractivity contribution >= 4 is 6.29 Å². The molecule has 0 aliphatic carbocycles. The second kappa shape index (κ2) is 5.05. The number of carbonyl (C=O) groups excluding carboxylic acids is 1. The molecule has 0 spiro atoms. The zero-order chi connectivity index (χ0) is 13.1. The molecule has 0 atom stereocenters. The van der Waals surface area contributed by atoms with E-state index in [1.54, 1.807) is 7.11 Å². The van der Waals surface area contributed by atoms with Crippen LogP contribution in [0.4, 0.5) is 0 Å². The van der Waals surface area contributed by atoms with Crippen molar-refractivity contribution in [1.29, 1.82) is 0 Å². The molecule has 0 aromatic heterocycles. The molecular formula is C16H16O2. The SMILES string of the molecule is COc1ccc(C)cc1-c1ccc(C)cc1C=O. The van der Waals surface area contributed by atoms with Crippen molar-refractivity contribution in [2.45, 2.75) is 13.8 Å². The first-order valence-electron chi connectivity index (χ1n) is 5.86. The monoisotopic (exact) mass is 240 g/mol. The quantitative estimate of drug-likeness (QED) is 0.763. The van der Waals surface area contributed by atoms with Crippen LogP contribution in [0.5, 0.6) is 5.75 Å². The van der Waals surface area contributed by atoms with E-state index in [2.05, 4.69) is 0 Å². The lowest BCUT2D eigenvalue weighted by atomic mass is 9.96. The van der Waals surface area contributed by atoms with Gasteiger partial charge < -0.3 is 4.74 Å². The number of ether oxygens (including phenoxy) is 1. The summed E-state index contributed by atoms with van der Waals surface area (Å²) < 4.78 is 5.37. The van der Waals surface area contributed by atoms with E-state index < -0.39 is 0 Å². The van der Waals surface area contributed by atoms with Crippen LogP contribution in [0.2, 0.25) is 0 Å². The highest BCUT2D eigenvalue weighted by molar-refractivity contribution is 5.89. The Bertz CT molecular complexity index is 586. The zero-order valence-electron chi connectivity index (χ0n) is 10.9. The van der Waals surface area contributed by atoms with Gasteiger partial charge in [0.05, 0.1) is 7.11 Å². The van der Waals surface area contributed by atoms with Crippen LogP contribution < -0.4 is 4.74 Å². The minimum atomic E-state index is 0.693. The average molecular weight is 240 g/mol. The zero-order valence-corrected chi connectivity index (χ0v) is 10.9. The molecule has 0 N–H and O–H groups in total. The molecule has 0 unspecified atom stereocenters. The predicted octanol–water partition coefficient (Wildman–Crippen LogP) is 3.79. The van der Waals surface area contributed by atoms with Crippen LogP contribution in [0.3, 0.4) is 0 Å². The van der Waals surface area contributed by atoms with Crippen LogP contribution in [0, 0.1) is 13.8 Å². The van der Waals surface area contributed by atoms with Gasteiger partial charge in [0.25, 0.3) is 0 Å². The lowest BCUT2D eigenvalue weighted by Gasteiger charge is -2.12. The van der Waals surface area contributed by atoms with E-state index in [9.17, 15) is 4.79 Å². The number of methoxy groups -OCH3 is 1. The summed E-state index contributed by atoms with van der Waals surface area (Å²) in [6.45, 7) is 4.00. The summed E-state index contributed by atoms with van der Waals surface area (Å²) in [7, 11) is 1.64. The minimum Gasteiger partial charge on any atom is -0.496 e. The first kappa shape index (κ1) is 12.4. The predicted molar refractivity (Wildman–Crippen MR) is 73.3 cm³/mol. The first-order valence-corrected chi connectivity index (χ1v) is 5.86. The fraction of sp³-hybridized carbons (Fsp3) is 0.188. The summed E-state index contributed by atoms with van der Waals surface area (Å²) in [5, 5.41) is 0. The van der Waals surface area contributed by atoms with Gasteiger partial charge in [-0.3, -0.25) is 4.79 Å². The molecule has 0 fully saturated rings. The highest BCUT2D eigenvalue weighted by Crippen LogP contribution is 2.33. The number of carbonyl (C=O) groups is 1. The first-order chi connectivity index (χ1) is 8.65. The maximum absolute atomic E-state index is 11.2. The minimum absolute atomic E-state index is 0.693. The highest BCUT2D eigenvalue weighted by atomic mass is 16.5. The Morgan fingerprint density at radius 3 is 2.28 bits per heavy atom. The molecule has 0 aliphatic rings. The maximum atomic E-state index is 11.2. The summed E-state index contributed by atoms with van der Waals surface area (Å²) in [6.07, 6.45) is 0.893.